The number of carbonyl (C=O) groups is 3. The third-order valence-corrected chi connectivity index (χ3v) is 4.69. The molecular formula is C20H20ClN3O3. The lowest BCUT2D eigenvalue weighted by Crippen LogP contribution is -2.27. The molecule has 0 aromatic heterocycles. The van der Waals surface area contributed by atoms with E-state index in [1.807, 2.05) is 18.2 Å². The first-order chi connectivity index (χ1) is 12.9. The van der Waals surface area contributed by atoms with Gasteiger partial charge in [-0.3, -0.25) is 14.4 Å². The highest BCUT2D eigenvalue weighted by Crippen LogP contribution is 2.39. The van der Waals surface area contributed by atoms with Crippen LogP contribution >= 0.6 is 11.6 Å². The van der Waals surface area contributed by atoms with Gasteiger partial charge in [0.1, 0.15) is 0 Å². The lowest BCUT2D eigenvalue weighted by atomic mass is 10.2. The molecule has 1 fully saturated rings. The normalized spacial score (nSPS) is 17.7. The van der Waals surface area contributed by atoms with E-state index >= 15 is 0 Å². The maximum absolute atomic E-state index is 12.4. The zero-order valence-electron chi connectivity index (χ0n) is 14.8. The van der Waals surface area contributed by atoms with Crippen LogP contribution in [0.1, 0.15) is 18.9 Å². The van der Waals surface area contributed by atoms with Crippen molar-refractivity contribution in [2.24, 2.45) is 11.8 Å². The monoisotopic (exact) mass is 385 g/mol. The Morgan fingerprint density at radius 3 is 2.33 bits per heavy atom. The fraction of sp³-hybridized carbons (Fsp3) is 0.250. The molecule has 0 bridgehead atoms. The number of amides is 3. The molecule has 6 nitrogen and oxygen atoms in total. The van der Waals surface area contributed by atoms with Crippen molar-refractivity contribution < 1.29 is 14.4 Å². The molecule has 0 spiro atoms. The zero-order chi connectivity index (χ0) is 19.4. The second kappa shape index (κ2) is 8.22. The van der Waals surface area contributed by atoms with Crippen molar-refractivity contribution in [3.05, 3.63) is 59.1 Å². The van der Waals surface area contributed by atoms with Crippen molar-refractivity contribution in [1.82, 2.24) is 5.32 Å². The van der Waals surface area contributed by atoms with Gasteiger partial charge in [-0.1, -0.05) is 35.9 Å². The van der Waals surface area contributed by atoms with Gasteiger partial charge in [0.05, 0.1) is 11.8 Å². The van der Waals surface area contributed by atoms with Crippen LogP contribution in [-0.4, -0.2) is 17.7 Å². The smallest absolute Gasteiger partial charge is 0.228 e. The molecule has 0 heterocycles. The van der Waals surface area contributed by atoms with Gasteiger partial charge in [-0.15, -0.1) is 0 Å². The average molecular weight is 386 g/mol. The summed E-state index contributed by atoms with van der Waals surface area (Å²) in [5, 5.41) is 8.89. The number of carbonyl (C=O) groups excluding carboxylic acids is 3. The highest BCUT2D eigenvalue weighted by atomic mass is 35.5. The minimum atomic E-state index is -0.347. The summed E-state index contributed by atoms with van der Waals surface area (Å²) in [5.74, 6) is -1.21. The van der Waals surface area contributed by atoms with E-state index in [-0.39, 0.29) is 29.6 Å². The zero-order valence-corrected chi connectivity index (χ0v) is 15.5. The van der Waals surface area contributed by atoms with E-state index in [9.17, 15) is 14.4 Å². The second-order valence-electron chi connectivity index (χ2n) is 6.51. The van der Waals surface area contributed by atoms with Crippen LogP contribution in [0.25, 0.3) is 0 Å². The highest BCUT2D eigenvalue weighted by Gasteiger charge is 2.47. The number of halogens is 1. The van der Waals surface area contributed by atoms with Crippen LogP contribution in [0, 0.1) is 11.8 Å². The number of nitrogens with one attached hydrogen (secondary N) is 3. The Kier molecular flexibility index (Phi) is 5.76. The Hall–Kier alpha value is -2.86. The van der Waals surface area contributed by atoms with Gasteiger partial charge in [-0.25, -0.2) is 0 Å². The molecule has 2 unspecified atom stereocenters. The van der Waals surface area contributed by atoms with E-state index in [4.69, 9.17) is 11.6 Å². The highest BCUT2D eigenvalue weighted by molar-refractivity contribution is 6.31. The molecule has 0 aliphatic heterocycles. The van der Waals surface area contributed by atoms with E-state index < -0.39 is 0 Å². The van der Waals surface area contributed by atoms with Crippen LogP contribution < -0.4 is 16.0 Å². The van der Waals surface area contributed by atoms with E-state index in [2.05, 4.69) is 16.0 Å². The van der Waals surface area contributed by atoms with E-state index in [1.165, 1.54) is 6.92 Å². The van der Waals surface area contributed by atoms with Crippen LogP contribution in [0.3, 0.4) is 0 Å². The summed E-state index contributed by atoms with van der Waals surface area (Å²) >= 11 is 6.07. The van der Waals surface area contributed by atoms with E-state index in [1.54, 1.807) is 30.3 Å². The first kappa shape index (κ1) is 18.9. The molecular weight excluding hydrogens is 366 g/mol. The predicted molar refractivity (Wildman–Crippen MR) is 104 cm³/mol. The van der Waals surface area contributed by atoms with Crippen molar-refractivity contribution in [1.29, 1.82) is 0 Å². The lowest BCUT2D eigenvalue weighted by Gasteiger charge is -2.08. The summed E-state index contributed by atoms with van der Waals surface area (Å²) in [4.78, 5) is 35.7. The van der Waals surface area contributed by atoms with Crippen LogP contribution in [0.2, 0.25) is 5.02 Å². The summed E-state index contributed by atoms with van der Waals surface area (Å²) in [6.45, 7) is 1.75. The van der Waals surface area contributed by atoms with E-state index in [0.717, 1.165) is 5.56 Å². The molecule has 27 heavy (non-hydrogen) atoms. The number of hydrogen-bond acceptors (Lipinski definition) is 3. The summed E-state index contributed by atoms with van der Waals surface area (Å²) in [6, 6.07) is 14.2. The van der Waals surface area contributed by atoms with Crippen LogP contribution in [-0.2, 0) is 20.9 Å². The minimum absolute atomic E-state index is 0.151. The Balaban J connectivity index is 1.50. The van der Waals surface area contributed by atoms with Gasteiger partial charge in [-0.05, 0) is 36.2 Å². The molecule has 3 N–H and O–H groups in total. The first-order valence-electron chi connectivity index (χ1n) is 8.63. The van der Waals surface area contributed by atoms with Gasteiger partial charge in [0, 0.05) is 29.9 Å². The average Bonchev–Trinajstić information content (AvgIpc) is 3.41. The summed E-state index contributed by atoms with van der Waals surface area (Å²) < 4.78 is 0. The molecule has 7 heteroatoms. The quantitative estimate of drug-likeness (QED) is 0.713. The molecule has 1 saturated carbocycles. The summed E-state index contributed by atoms with van der Waals surface area (Å²) in [7, 11) is 0. The molecule has 2 aromatic rings. The first-order valence-corrected chi connectivity index (χ1v) is 9.01. The van der Waals surface area contributed by atoms with Gasteiger partial charge in [0.25, 0.3) is 0 Å². The van der Waals surface area contributed by atoms with Gasteiger partial charge >= 0.3 is 0 Å². The molecule has 3 amide bonds. The molecule has 3 rings (SSSR count). The van der Waals surface area contributed by atoms with Gasteiger partial charge in [0.2, 0.25) is 17.7 Å². The Morgan fingerprint density at radius 2 is 1.63 bits per heavy atom. The predicted octanol–water partition coefficient (Wildman–Crippen LogP) is 3.19. The fourth-order valence-electron chi connectivity index (χ4n) is 2.84. The molecule has 140 valence electrons. The van der Waals surface area contributed by atoms with E-state index in [0.29, 0.717) is 29.4 Å². The van der Waals surface area contributed by atoms with Crippen LogP contribution in [0.15, 0.2) is 48.5 Å². The topological polar surface area (TPSA) is 87.3 Å². The number of anilines is 2. The Bertz CT molecular complexity index is 884. The summed E-state index contributed by atoms with van der Waals surface area (Å²) in [5.41, 5.74) is 2.02. The van der Waals surface area contributed by atoms with Crippen molar-refractivity contribution in [2.45, 2.75) is 19.9 Å². The standard InChI is InChI=1S/C20H20ClN3O3/c1-12(25)23-14-6-4-7-15(9-14)24-20(27)17-10-16(17)19(26)22-11-13-5-2-3-8-18(13)21/h2-9,16-17H,10-11H2,1H3,(H,22,26)(H,23,25)(H,24,27). The third-order valence-electron chi connectivity index (χ3n) is 4.33. The SMILES string of the molecule is CC(=O)Nc1cccc(NC(=O)C2CC2C(=O)NCc2ccccc2Cl)c1. The number of rotatable bonds is 6. The number of hydrogen-bond donors (Lipinski definition) is 3. The maximum Gasteiger partial charge on any atom is 0.228 e. The van der Waals surface area contributed by atoms with Gasteiger partial charge in [0.15, 0.2) is 0 Å². The molecule has 0 saturated heterocycles. The van der Waals surface area contributed by atoms with Crippen molar-refractivity contribution in [3.8, 4) is 0 Å². The number of benzene rings is 2. The largest absolute Gasteiger partial charge is 0.352 e. The molecule has 1 aliphatic rings. The molecule has 2 aromatic carbocycles. The molecule has 0 radical (unpaired) electrons. The van der Waals surface area contributed by atoms with Gasteiger partial charge < -0.3 is 16.0 Å². The van der Waals surface area contributed by atoms with Crippen molar-refractivity contribution in [2.75, 3.05) is 10.6 Å². The van der Waals surface area contributed by atoms with Crippen LogP contribution in [0.5, 0.6) is 0 Å². The molecule has 2 atom stereocenters. The summed E-state index contributed by atoms with van der Waals surface area (Å²) in [6.07, 6.45) is 0.519. The Labute approximate surface area is 162 Å². The lowest BCUT2D eigenvalue weighted by molar-refractivity contribution is -0.125. The fourth-order valence-corrected chi connectivity index (χ4v) is 3.05. The minimum Gasteiger partial charge on any atom is -0.352 e. The van der Waals surface area contributed by atoms with Crippen molar-refractivity contribution in [3.63, 3.8) is 0 Å². The third kappa shape index (κ3) is 5.08. The van der Waals surface area contributed by atoms with Crippen LogP contribution in [0.4, 0.5) is 11.4 Å². The maximum atomic E-state index is 12.4. The second-order valence-corrected chi connectivity index (χ2v) is 6.92. The van der Waals surface area contributed by atoms with Crippen molar-refractivity contribution >= 4 is 40.7 Å². The van der Waals surface area contributed by atoms with Gasteiger partial charge in [-0.2, -0.15) is 0 Å². The Morgan fingerprint density at radius 1 is 0.963 bits per heavy atom. The molecule has 1 aliphatic carbocycles.